The molecule has 0 fully saturated rings. The first-order valence-electron chi connectivity index (χ1n) is 5.37. The zero-order valence-corrected chi connectivity index (χ0v) is 9.94. The molecule has 0 spiro atoms. The molecule has 0 aliphatic rings. The third-order valence-corrected chi connectivity index (χ3v) is 2.91. The molecule has 5 heteroatoms. The fourth-order valence-electron chi connectivity index (χ4n) is 1.77. The maximum Gasteiger partial charge on any atom is 0.105 e. The van der Waals surface area contributed by atoms with Crippen LogP contribution in [0.15, 0.2) is 12.4 Å². The second-order valence-corrected chi connectivity index (χ2v) is 3.98. The van der Waals surface area contributed by atoms with Crippen molar-refractivity contribution in [1.29, 1.82) is 0 Å². The van der Waals surface area contributed by atoms with Crippen LogP contribution in [0.5, 0.6) is 0 Å². The van der Waals surface area contributed by atoms with E-state index in [2.05, 4.69) is 14.6 Å². The number of nitrogen functional groups attached to an aromatic ring is 1. The molecule has 2 heterocycles. The average Bonchev–Trinajstić information content (AvgIpc) is 2.76. The van der Waals surface area contributed by atoms with Crippen molar-refractivity contribution in [2.45, 2.75) is 33.9 Å². The maximum atomic E-state index is 5.88. The Balaban J connectivity index is 2.11. The smallest absolute Gasteiger partial charge is 0.105 e. The van der Waals surface area contributed by atoms with Gasteiger partial charge in [-0.15, -0.1) is 0 Å². The van der Waals surface area contributed by atoms with E-state index in [4.69, 9.17) is 5.73 Å². The van der Waals surface area contributed by atoms with Crippen LogP contribution < -0.4 is 5.73 Å². The fraction of sp³-hybridized carbons (Fsp3) is 0.455. The molecule has 0 amide bonds. The third kappa shape index (κ3) is 1.80. The number of imidazole rings is 1. The lowest BCUT2D eigenvalue weighted by molar-refractivity contribution is 0.514. The standard InChI is InChI=1S/C11H17N5/c1-8-11(12)9(2)16(14-8)7-6-15-5-4-13-10(15)3/h4-5H,6-7,12H2,1-3H3. The van der Waals surface area contributed by atoms with E-state index in [1.165, 1.54) is 0 Å². The Labute approximate surface area is 94.9 Å². The van der Waals surface area contributed by atoms with Gasteiger partial charge < -0.3 is 10.3 Å². The highest BCUT2D eigenvalue weighted by Gasteiger charge is 2.07. The molecule has 5 nitrogen and oxygen atoms in total. The van der Waals surface area contributed by atoms with Crippen LogP contribution >= 0.6 is 0 Å². The maximum absolute atomic E-state index is 5.88. The van der Waals surface area contributed by atoms with Crippen molar-refractivity contribution in [3.8, 4) is 0 Å². The minimum atomic E-state index is 0.794. The predicted octanol–water partition coefficient (Wildman–Crippen LogP) is 1.29. The Kier molecular flexibility index (Phi) is 2.68. The Morgan fingerprint density at radius 2 is 2.00 bits per heavy atom. The molecule has 0 radical (unpaired) electrons. The molecule has 2 N–H and O–H groups in total. The van der Waals surface area contributed by atoms with Crippen LogP contribution in [0.3, 0.4) is 0 Å². The molecule has 0 atom stereocenters. The van der Waals surface area contributed by atoms with Gasteiger partial charge in [-0.2, -0.15) is 5.10 Å². The molecule has 0 saturated carbocycles. The largest absolute Gasteiger partial charge is 0.396 e. The van der Waals surface area contributed by atoms with E-state index in [1.807, 2.05) is 37.8 Å². The highest BCUT2D eigenvalue weighted by atomic mass is 15.3. The van der Waals surface area contributed by atoms with Crippen molar-refractivity contribution in [2.24, 2.45) is 0 Å². The molecule has 0 bridgehead atoms. The molecule has 2 aromatic rings. The number of rotatable bonds is 3. The Bertz CT molecular complexity index is 494. The Morgan fingerprint density at radius 1 is 1.25 bits per heavy atom. The highest BCUT2D eigenvalue weighted by Crippen LogP contribution is 2.14. The van der Waals surface area contributed by atoms with Crippen molar-refractivity contribution in [1.82, 2.24) is 19.3 Å². The fourth-order valence-corrected chi connectivity index (χ4v) is 1.77. The van der Waals surface area contributed by atoms with Crippen molar-refractivity contribution in [3.63, 3.8) is 0 Å². The number of anilines is 1. The molecule has 2 rings (SSSR count). The molecule has 16 heavy (non-hydrogen) atoms. The first-order chi connectivity index (χ1) is 7.59. The summed E-state index contributed by atoms with van der Waals surface area (Å²) in [5.41, 5.74) is 8.61. The molecule has 0 unspecified atom stereocenters. The molecule has 86 valence electrons. The van der Waals surface area contributed by atoms with E-state index in [1.54, 1.807) is 0 Å². The number of hydrogen-bond acceptors (Lipinski definition) is 3. The molecular formula is C11H17N5. The number of nitrogens with zero attached hydrogens (tertiary/aromatic N) is 4. The minimum absolute atomic E-state index is 0.794. The number of nitrogens with two attached hydrogens (primary N) is 1. The van der Waals surface area contributed by atoms with E-state index in [0.29, 0.717) is 0 Å². The van der Waals surface area contributed by atoms with E-state index in [-0.39, 0.29) is 0 Å². The zero-order valence-electron chi connectivity index (χ0n) is 9.94. The van der Waals surface area contributed by atoms with Gasteiger partial charge in [0.1, 0.15) is 5.82 Å². The van der Waals surface area contributed by atoms with E-state index >= 15 is 0 Å². The summed E-state index contributed by atoms with van der Waals surface area (Å²) in [6.07, 6.45) is 3.79. The van der Waals surface area contributed by atoms with Crippen LogP contribution in [-0.4, -0.2) is 19.3 Å². The quantitative estimate of drug-likeness (QED) is 0.846. The number of aromatic nitrogens is 4. The lowest BCUT2D eigenvalue weighted by Gasteiger charge is -2.06. The van der Waals surface area contributed by atoms with Gasteiger partial charge in [-0.3, -0.25) is 4.68 Å². The van der Waals surface area contributed by atoms with Crippen LogP contribution in [0.25, 0.3) is 0 Å². The monoisotopic (exact) mass is 219 g/mol. The first kappa shape index (κ1) is 10.7. The SMILES string of the molecule is Cc1nn(CCn2ccnc2C)c(C)c1N. The van der Waals surface area contributed by atoms with Crippen molar-refractivity contribution < 1.29 is 0 Å². The van der Waals surface area contributed by atoms with Crippen LogP contribution in [0.1, 0.15) is 17.2 Å². The van der Waals surface area contributed by atoms with Gasteiger partial charge in [0.25, 0.3) is 0 Å². The van der Waals surface area contributed by atoms with Gasteiger partial charge in [-0.05, 0) is 20.8 Å². The van der Waals surface area contributed by atoms with Gasteiger partial charge in [0.2, 0.25) is 0 Å². The summed E-state index contributed by atoms with van der Waals surface area (Å²) in [4.78, 5) is 4.18. The van der Waals surface area contributed by atoms with Gasteiger partial charge in [-0.1, -0.05) is 0 Å². The van der Waals surface area contributed by atoms with Gasteiger partial charge in [0, 0.05) is 18.9 Å². The van der Waals surface area contributed by atoms with E-state index in [0.717, 1.165) is 36.0 Å². The molecular weight excluding hydrogens is 202 g/mol. The number of aryl methyl sites for hydroxylation is 4. The van der Waals surface area contributed by atoms with Crippen LogP contribution in [-0.2, 0) is 13.1 Å². The van der Waals surface area contributed by atoms with Gasteiger partial charge in [-0.25, -0.2) is 4.98 Å². The summed E-state index contributed by atoms with van der Waals surface area (Å²) >= 11 is 0. The van der Waals surface area contributed by atoms with Gasteiger partial charge in [0.05, 0.1) is 23.6 Å². The average molecular weight is 219 g/mol. The Morgan fingerprint density at radius 3 is 2.50 bits per heavy atom. The van der Waals surface area contributed by atoms with Crippen LogP contribution in [0, 0.1) is 20.8 Å². The summed E-state index contributed by atoms with van der Waals surface area (Å²) in [5, 5.41) is 4.40. The summed E-state index contributed by atoms with van der Waals surface area (Å²) in [6.45, 7) is 7.61. The molecule has 0 aliphatic heterocycles. The topological polar surface area (TPSA) is 61.7 Å². The van der Waals surface area contributed by atoms with E-state index in [9.17, 15) is 0 Å². The highest BCUT2D eigenvalue weighted by molar-refractivity contribution is 5.46. The Hall–Kier alpha value is -1.78. The second kappa shape index (κ2) is 4.00. The summed E-state index contributed by atoms with van der Waals surface area (Å²) in [7, 11) is 0. The van der Waals surface area contributed by atoms with Gasteiger partial charge >= 0.3 is 0 Å². The lowest BCUT2D eigenvalue weighted by Crippen LogP contribution is -2.10. The summed E-state index contributed by atoms with van der Waals surface area (Å²) in [5.74, 6) is 1.02. The van der Waals surface area contributed by atoms with Crippen LogP contribution in [0.2, 0.25) is 0 Å². The third-order valence-electron chi connectivity index (χ3n) is 2.91. The number of hydrogen-bond donors (Lipinski definition) is 1. The molecule has 2 aromatic heterocycles. The van der Waals surface area contributed by atoms with Crippen LogP contribution in [0.4, 0.5) is 5.69 Å². The molecule has 0 aromatic carbocycles. The second-order valence-electron chi connectivity index (χ2n) is 3.98. The van der Waals surface area contributed by atoms with Crippen molar-refractivity contribution in [2.75, 3.05) is 5.73 Å². The minimum Gasteiger partial charge on any atom is -0.396 e. The molecule has 0 saturated heterocycles. The van der Waals surface area contributed by atoms with Crippen molar-refractivity contribution >= 4 is 5.69 Å². The lowest BCUT2D eigenvalue weighted by atomic mass is 10.3. The van der Waals surface area contributed by atoms with Crippen molar-refractivity contribution in [3.05, 3.63) is 29.6 Å². The predicted molar refractivity (Wildman–Crippen MR) is 63.1 cm³/mol. The summed E-state index contributed by atoms with van der Waals surface area (Å²) in [6, 6.07) is 0. The molecule has 0 aliphatic carbocycles. The summed E-state index contributed by atoms with van der Waals surface area (Å²) < 4.78 is 4.05. The van der Waals surface area contributed by atoms with Gasteiger partial charge in [0.15, 0.2) is 0 Å². The first-order valence-corrected chi connectivity index (χ1v) is 5.37. The zero-order chi connectivity index (χ0) is 11.7. The normalized spacial score (nSPS) is 10.9. The van der Waals surface area contributed by atoms with E-state index < -0.39 is 0 Å².